The number of hydrogen-bond acceptors (Lipinski definition) is 4. The van der Waals surface area contributed by atoms with Crippen molar-refractivity contribution >= 4 is 12.0 Å². The number of nitrogens with one attached hydrogen (secondary N) is 2. The molecule has 1 rings (SSSR count). The molecule has 6 nitrogen and oxygen atoms in total. The molecule has 2 N–H and O–H groups in total. The summed E-state index contributed by atoms with van der Waals surface area (Å²) >= 11 is 0. The van der Waals surface area contributed by atoms with Gasteiger partial charge < -0.3 is 9.47 Å². The maximum absolute atomic E-state index is 11.7. The van der Waals surface area contributed by atoms with Gasteiger partial charge in [-0.15, -0.1) is 0 Å². The van der Waals surface area contributed by atoms with Gasteiger partial charge in [0.05, 0.1) is 13.5 Å². The zero-order valence-corrected chi connectivity index (χ0v) is 12.1. The fraction of sp³-hybridized carbons (Fsp3) is 0.429. The van der Waals surface area contributed by atoms with Crippen molar-refractivity contribution in [2.75, 3.05) is 7.11 Å². The van der Waals surface area contributed by atoms with Crippen molar-refractivity contribution in [2.45, 2.75) is 32.8 Å². The quantitative estimate of drug-likeness (QED) is 0.828. The molecule has 20 heavy (non-hydrogen) atoms. The lowest BCUT2D eigenvalue weighted by Crippen LogP contribution is -2.44. The smallest absolute Gasteiger partial charge is 0.426 e. The molecule has 2 amide bonds. The molecule has 6 heteroatoms. The molecular formula is C14H20N2O4. The average molecular weight is 280 g/mol. The predicted octanol–water partition coefficient (Wildman–Crippen LogP) is 1.79. The van der Waals surface area contributed by atoms with Gasteiger partial charge in [-0.3, -0.25) is 10.2 Å². The van der Waals surface area contributed by atoms with Crippen molar-refractivity contribution in [3.63, 3.8) is 0 Å². The van der Waals surface area contributed by atoms with Crippen LogP contribution in [0.25, 0.3) is 0 Å². The lowest BCUT2D eigenvalue weighted by atomic mass is 10.1. The number of para-hydroxylation sites is 1. The summed E-state index contributed by atoms with van der Waals surface area (Å²) in [6.45, 7) is 5.22. The minimum Gasteiger partial charge on any atom is -0.496 e. The Morgan fingerprint density at radius 3 is 2.40 bits per heavy atom. The third-order valence-corrected chi connectivity index (χ3v) is 2.25. The number of rotatable bonds is 3. The summed E-state index contributed by atoms with van der Waals surface area (Å²) in [4.78, 5) is 23.1. The second-order valence-corrected chi connectivity index (χ2v) is 5.16. The van der Waals surface area contributed by atoms with Crippen molar-refractivity contribution in [1.29, 1.82) is 0 Å². The van der Waals surface area contributed by atoms with Crippen LogP contribution >= 0.6 is 0 Å². The standard InChI is InChI=1S/C14H20N2O4/c1-14(2,3)20-13(18)16-15-12(17)9-10-7-5-6-8-11(10)19-4/h5-8H,9H2,1-4H3,(H,15,17)(H,16,18). The molecule has 0 fully saturated rings. The van der Waals surface area contributed by atoms with Gasteiger partial charge in [0, 0.05) is 5.56 Å². The molecule has 0 spiro atoms. The Morgan fingerprint density at radius 2 is 1.80 bits per heavy atom. The topological polar surface area (TPSA) is 76.7 Å². The summed E-state index contributed by atoms with van der Waals surface area (Å²) in [5.41, 5.74) is 4.60. The second kappa shape index (κ2) is 6.79. The zero-order valence-electron chi connectivity index (χ0n) is 12.1. The molecule has 0 radical (unpaired) electrons. The van der Waals surface area contributed by atoms with E-state index in [-0.39, 0.29) is 12.3 Å². The maximum Gasteiger partial charge on any atom is 0.426 e. The Balaban J connectivity index is 2.46. The molecule has 0 saturated heterocycles. The van der Waals surface area contributed by atoms with E-state index in [9.17, 15) is 9.59 Å². The number of methoxy groups -OCH3 is 1. The number of carbonyl (C=O) groups excluding carboxylic acids is 2. The van der Waals surface area contributed by atoms with E-state index in [1.807, 2.05) is 12.1 Å². The van der Waals surface area contributed by atoms with E-state index in [1.54, 1.807) is 32.9 Å². The van der Waals surface area contributed by atoms with Gasteiger partial charge >= 0.3 is 6.09 Å². The highest BCUT2D eigenvalue weighted by molar-refractivity contribution is 5.81. The molecule has 1 aromatic carbocycles. The van der Waals surface area contributed by atoms with Crippen molar-refractivity contribution in [3.05, 3.63) is 29.8 Å². The highest BCUT2D eigenvalue weighted by Crippen LogP contribution is 2.17. The molecule has 0 atom stereocenters. The van der Waals surface area contributed by atoms with Crippen LogP contribution in [0.15, 0.2) is 24.3 Å². The monoisotopic (exact) mass is 280 g/mol. The number of benzene rings is 1. The summed E-state index contributed by atoms with van der Waals surface area (Å²) in [5, 5.41) is 0. The summed E-state index contributed by atoms with van der Waals surface area (Å²) in [5.74, 6) is 0.264. The molecule has 0 aliphatic rings. The third-order valence-electron chi connectivity index (χ3n) is 2.25. The van der Waals surface area contributed by atoms with E-state index in [2.05, 4.69) is 10.9 Å². The summed E-state index contributed by atoms with van der Waals surface area (Å²) in [6.07, 6.45) is -0.606. The molecule has 0 bridgehead atoms. The van der Waals surface area contributed by atoms with Crippen LogP contribution in [0.5, 0.6) is 5.75 Å². The van der Waals surface area contributed by atoms with Crippen LogP contribution in [0.3, 0.4) is 0 Å². The van der Waals surface area contributed by atoms with Crippen LogP contribution in [0.2, 0.25) is 0 Å². The molecule has 0 aliphatic carbocycles. The van der Waals surface area contributed by atoms with E-state index in [0.717, 1.165) is 5.56 Å². The minimum atomic E-state index is -0.703. The Hall–Kier alpha value is -2.24. The van der Waals surface area contributed by atoms with Gasteiger partial charge in [-0.25, -0.2) is 10.2 Å². The van der Waals surface area contributed by atoms with E-state index in [4.69, 9.17) is 9.47 Å². The molecule has 0 aromatic heterocycles. The second-order valence-electron chi connectivity index (χ2n) is 5.16. The van der Waals surface area contributed by atoms with Crippen LogP contribution in [-0.2, 0) is 16.0 Å². The van der Waals surface area contributed by atoms with Gasteiger partial charge in [0.25, 0.3) is 0 Å². The molecule has 0 unspecified atom stereocenters. The van der Waals surface area contributed by atoms with Gasteiger partial charge in [-0.1, -0.05) is 18.2 Å². The Kier molecular flexibility index (Phi) is 5.37. The fourth-order valence-electron chi connectivity index (χ4n) is 1.49. The number of carbonyl (C=O) groups is 2. The lowest BCUT2D eigenvalue weighted by molar-refractivity contribution is -0.121. The molecule has 0 saturated carbocycles. The van der Waals surface area contributed by atoms with Crippen molar-refractivity contribution in [2.24, 2.45) is 0 Å². The minimum absolute atomic E-state index is 0.0970. The number of amides is 2. The van der Waals surface area contributed by atoms with Crippen LogP contribution in [0.4, 0.5) is 4.79 Å². The summed E-state index contributed by atoms with van der Waals surface area (Å²) in [6, 6.07) is 7.18. The zero-order chi connectivity index (χ0) is 15.2. The van der Waals surface area contributed by atoms with Gasteiger partial charge in [0.2, 0.25) is 5.91 Å². The Labute approximate surface area is 118 Å². The third kappa shape index (κ3) is 5.60. The first-order valence-electron chi connectivity index (χ1n) is 6.21. The molecule has 1 aromatic rings. The summed E-state index contributed by atoms with van der Waals surface area (Å²) in [7, 11) is 1.54. The van der Waals surface area contributed by atoms with E-state index in [1.165, 1.54) is 7.11 Å². The van der Waals surface area contributed by atoms with Crippen LogP contribution < -0.4 is 15.6 Å². The van der Waals surface area contributed by atoms with E-state index >= 15 is 0 Å². The van der Waals surface area contributed by atoms with Gasteiger partial charge in [-0.05, 0) is 26.8 Å². The maximum atomic E-state index is 11.7. The average Bonchev–Trinajstić information content (AvgIpc) is 2.35. The molecule has 0 heterocycles. The summed E-state index contributed by atoms with van der Waals surface area (Å²) < 4.78 is 10.1. The van der Waals surface area contributed by atoms with Crippen LogP contribution in [-0.4, -0.2) is 24.7 Å². The van der Waals surface area contributed by atoms with Gasteiger partial charge in [0.15, 0.2) is 0 Å². The number of hydrazine groups is 1. The number of hydrogen-bond donors (Lipinski definition) is 2. The first-order valence-corrected chi connectivity index (χ1v) is 6.21. The lowest BCUT2D eigenvalue weighted by Gasteiger charge is -2.19. The van der Waals surface area contributed by atoms with Crippen molar-refractivity contribution < 1.29 is 19.1 Å². The normalized spacial score (nSPS) is 10.6. The first-order chi connectivity index (χ1) is 9.31. The molecule has 110 valence electrons. The fourth-order valence-corrected chi connectivity index (χ4v) is 1.49. The van der Waals surface area contributed by atoms with Crippen LogP contribution in [0.1, 0.15) is 26.3 Å². The van der Waals surface area contributed by atoms with Crippen LogP contribution in [0, 0.1) is 0 Å². The largest absolute Gasteiger partial charge is 0.496 e. The highest BCUT2D eigenvalue weighted by Gasteiger charge is 2.16. The first kappa shape index (κ1) is 15.8. The van der Waals surface area contributed by atoms with Gasteiger partial charge in [0.1, 0.15) is 11.4 Å². The SMILES string of the molecule is COc1ccccc1CC(=O)NNC(=O)OC(C)(C)C. The van der Waals surface area contributed by atoms with Gasteiger partial charge in [-0.2, -0.15) is 0 Å². The highest BCUT2D eigenvalue weighted by atomic mass is 16.6. The Morgan fingerprint density at radius 1 is 1.15 bits per heavy atom. The molecule has 0 aliphatic heterocycles. The van der Waals surface area contributed by atoms with Crippen molar-refractivity contribution in [3.8, 4) is 5.75 Å². The Bertz CT molecular complexity index is 480. The van der Waals surface area contributed by atoms with E-state index in [0.29, 0.717) is 5.75 Å². The van der Waals surface area contributed by atoms with Crippen molar-refractivity contribution in [1.82, 2.24) is 10.9 Å². The number of ether oxygens (including phenoxy) is 2. The molecular weight excluding hydrogens is 260 g/mol. The predicted molar refractivity (Wildman–Crippen MR) is 74.2 cm³/mol. The van der Waals surface area contributed by atoms with E-state index < -0.39 is 11.7 Å².